The van der Waals surface area contributed by atoms with Crippen LogP contribution < -0.4 is 0 Å². The van der Waals surface area contributed by atoms with Crippen LogP contribution in [-0.2, 0) is 0 Å². The largest absolute Gasteiger partial charge is 0.380 e. The minimum absolute atomic E-state index is 0.417. The normalized spacial score (nSPS) is 61.2. The van der Waals surface area contributed by atoms with Crippen molar-refractivity contribution in [2.45, 2.75) is 82.2 Å². The quantitative estimate of drug-likeness (QED) is 0.392. The fourth-order valence-corrected chi connectivity index (χ4v) is 8.26. The van der Waals surface area contributed by atoms with E-state index in [2.05, 4.69) is 43.4 Å². The lowest BCUT2D eigenvalue weighted by Crippen LogP contribution is -2.54. The molecule has 126 valence electrons. The van der Waals surface area contributed by atoms with E-state index < -0.39 is 3.61 Å². The van der Waals surface area contributed by atoms with Crippen LogP contribution in [-0.4, -0.2) is 8.71 Å². The predicted octanol–water partition coefficient (Wildman–Crippen LogP) is 5.79. The predicted molar refractivity (Wildman–Crippen MR) is 99.9 cm³/mol. The molecule has 0 aromatic heterocycles. The summed E-state index contributed by atoms with van der Waals surface area (Å²) in [4.78, 5) is 0. The zero-order chi connectivity index (χ0) is 15.8. The van der Waals surface area contributed by atoms with Gasteiger partial charge in [-0.2, -0.15) is 0 Å². The van der Waals surface area contributed by atoms with Gasteiger partial charge in [-0.1, -0.05) is 20.8 Å². The van der Waals surface area contributed by atoms with Crippen LogP contribution in [0.15, 0.2) is 0 Å². The van der Waals surface area contributed by atoms with Crippen LogP contribution in [0.3, 0.4) is 0 Å². The van der Waals surface area contributed by atoms with Crippen LogP contribution in [0.25, 0.3) is 0 Å². The van der Waals surface area contributed by atoms with Gasteiger partial charge in [0.05, 0.1) is 0 Å². The molecular formula is C20H33IO. The van der Waals surface area contributed by atoms with Crippen molar-refractivity contribution < 1.29 is 5.11 Å². The van der Waals surface area contributed by atoms with Crippen LogP contribution >= 0.6 is 22.6 Å². The molecule has 0 aromatic carbocycles. The van der Waals surface area contributed by atoms with E-state index in [-0.39, 0.29) is 0 Å². The van der Waals surface area contributed by atoms with E-state index in [9.17, 15) is 5.11 Å². The second kappa shape index (κ2) is 5.09. The lowest BCUT2D eigenvalue weighted by molar-refractivity contribution is -0.128. The summed E-state index contributed by atoms with van der Waals surface area (Å²) in [6.07, 6.45) is 12.1. The molecular weight excluding hydrogens is 383 g/mol. The SMILES string of the molecule is CC1CCC2C3CC[C@H]4C[C@](O)(I)CC[C@]4(C)C3CC[C@]12C. The molecule has 0 aliphatic heterocycles. The maximum Gasteiger partial charge on any atom is 0.116 e. The molecule has 0 bridgehead atoms. The first-order valence-corrected chi connectivity index (χ1v) is 10.8. The zero-order valence-corrected chi connectivity index (χ0v) is 16.7. The molecule has 4 fully saturated rings. The van der Waals surface area contributed by atoms with E-state index in [1.54, 1.807) is 0 Å². The highest BCUT2D eigenvalue weighted by Crippen LogP contribution is 2.68. The average molecular weight is 416 g/mol. The molecule has 0 amide bonds. The molecule has 4 aliphatic rings. The Morgan fingerprint density at radius 3 is 2.36 bits per heavy atom. The van der Waals surface area contributed by atoms with Gasteiger partial charge in [0.1, 0.15) is 3.61 Å². The molecule has 1 N–H and O–H groups in total. The standard InChI is InChI=1S/C20H33IO/c1-13-4-7-16-15-6-5-14-12-20(21,22)11-10-19(14,3)17(15)8-9-18(13,16)2/h13-17,22H,4-12H2,1-3H3/t13?,14-,15?,16?,17?,18+,19-,20-/m0/s1. The van der Waals surface area contributed by atoms with Crippen molar-refractivity contribution in [2.24, 2.45) is 40.4 Å². The summed E-state index contributed by atoms with van der Waals surface area (Å²) < 4.78 is -0.417. The highest BCUT2D eigenvalue weighted by Gasteiger charge is 2.60. The van der Waals surface area contributed by atoms with E-state index in [0.29, 0.717) is 10.8 Å². The third kappa shape index (κ3) is 2.18. The molecule has 0 heterocycles. The van der Waals surface area contributed by atoms with Crippen molar-refractivity contribution >= 4 is 22.6 Å². The van der Waals surface area contributed by atoms with Gasteiger partial charge < -0.3 is 5.11 Å². The molecule has 4 rings (SSSR count). The summed E-state index contributed by atoms with van der Waals surface area (Å²) in [5.74, 6) is 4.65. The second-order valence-corrected chi connectivity index (χ2v) is 11.8. The number of hydrogen-bond donors (Lipinski definition) is 1. The van der Waals surface area contributed by atoms with Gasteiger partial charge in [-0.3, -0.25) is 0 Å². The Balaban J connectivity index is 1.62. The maximum absolute atomic E-state index is 10.5. The van der Waals surface area contributed by atoms with Gasteiger partial charge in [0, 0.05) is 0 Å². The molecule has 0 spiro atoms. The van der Waals surface area contributed by atoms with E-state index in [0.717, 1.165) is 42.4 Å². The average Bonchev–Trinajstić information content (AvgIpc) is 2.76. The van der Waals surface area contributed by atoms with E-state index >= 15 is 0 Å². The molecule has 4 aliphatic carbocycles. The third-order valence-corrected chi connectivity index (χ3v) is 10.1. The molecule has 22 heavy (non-hydrogen) atoms. The molecule has 0 saturated heterocycles. The summed E-state index contributed by atoms with van der Waals surface area (Å²) in [7, 11) is 0. The first kappa shape index (κ1) is 16.2. The highest BCUT2D eigenvalue weighted by molar-refractivity contribution is 14.1. The summed E-state index contributed by atoms with van der Waals surface area (Å²) in [5.41, 5.74) is 1.16. The van der Waals surface area contributed by atoms with Crippen LogP contribution in [0.4, 0.5) is 0 Å². The van der Waals surface area contributed by atoms with E-state index in [1.807, 2.05) is 0 Å². The van der Waals surface area contributed by atoms with E-state index in [1.165, 1.54) is 44.9 Å². The molecule has 4 unspecified atom stereocenters. The smallest absolute Gasteiger partial charge is 0.116 e. The van der Waals surface area contributed by atoms with Crippen LogP contribution in [0.5, 0.6) is 0 Å². The molecule has 2 heteroatoms. The van der Waals surface area contributed by atoms with Crippen molar-refractivity contribution in [3.63, 3.8) is 0 Å². The Hall–Kier alpha value is 0.690. The summed E-state index contributed by atoms with van der Waals surface area (Å²) >= 11 is 2.32. The van der Waals surface area contributed by atoms with Crippen LogP contribution in [0, 0.1) is 40.4 Å². The number of hydrogen-bond acceptors (Lipinski definition) is 1. The monoisotopic (exact) mass is 416 g/mol. The molecule has 8 atom stereocenters. The van der Waals surface area contributed by atoms with Gasteiger partial charge in [-0.05, 0) is 121 Å². The number of rotatable bonds is 0. The Labute approximate surface area is 150 Å². The highest BCUT2D eigenvalue weighted by atomic mass is 127. The second-order valence-electron chi connectivity index (χ2n) is 9.80. The first-order chi connectivity index (χ1) is 10.3. The number of halogens is 1. The van der Waals surface area contributed by atoms with E-state index in [4.69, 9.17) is 0 Å². The van der Waals surface area contributed by atoms with Crippen molar-refractivity contribution in [2.75, 3.05) is 0 Å². The topological polar surface area (TPSA) is 20.2 Å². The molecule has 0 radical (unpaired) electrons. The van der Waals surface area contributed by atoms with Gasteiger partial charge >= 0.3 is 0 Å². The molecule has 4 saturated carbocycles. The Morgan fingerprint density at radius 2 is 1.59 bits per heavy atom. The number of aliphatic hydroxyl groups is 1. The van der Waals surface area contributed by atoms with Crippen LogP contribution in [0.1, 0.15) is 78.6 Å². The van der Waals surface area contributed by atoms with Gasteiger partial charge in [-0.25, -0.2) is 0 Å². The third-order valence-electron chi connectivity index (χ3n) is 9.15. The lowest BCUT2D eigenvalue weighted by Gasteiger charge is -2.61. The summed E-state index contributed by atoms with van der Waals surface area (Å²) in [5, 5.41) is 10.5. The number of alkyl halides is 1. The van der Waals surface area contributed by atoms with Crippen molar-refractivity contribution in [3.8, 4) is 0 Å². The molecule has 0 aromatic rings. The maximum atomic E-state index is 10.5. The first-order valence-electron chi connectivity index (χ1n) is 9.68. The van der Waals surface area contributed by atoms with Crippen molar-refractivity contribution in [1.29, 1.82) is 0 Å². The fraction of sp³-hybridized carbons (Fsp3) is 1.00. The van der Waals surface area contributed by atoms with Gasteiger partial charge in [-0.15, -0.1) is 0 Å². The van der Waals surface area contributed by atoms with Crippen molar-refractivity contribution in [3.05, 3.63) is 0 Å². The van der Waals surface area contributed by atoms with Crippen molar-refractivity contribution in [1.82, 2.24) is 0 Å². The number of fused-ring (bicyclic) bond motifs is 5. The van der Waals surface area contributed by atoms with Gasteiger partial charge in [0.25, 0.3) is 0 Å². The minimum Gasteiger partial charge on any atom is -0.380 e. The Bertz CT molecular complexity index is 461. The Morgan fingerprint density at radius 1 is 0.864 bits per heavy atom. The zero-order valence-electron chi connectivity index (χ0n) is 14.6. The Kier molecular flexibility index (Phi) is 3.75. The van der Waals surface area contributed by atoms with Gasteiger partial charge in [0.2, 0.25) is 0 Å². The minimum atomic E-state index is -0.417. The summed E-state index contributed by atoms with van der Waals surface area (Å²) in [6.45, 7) is 7.73. The van der Waals surface area contributed by atoms with Gasteiger partial charge in [0.15, 0.2) is 0 Å². The summed E-state index contributed by atoms with van der Waals surface area (Å²) in [6, 6.07) is 0. The molecule has 1 nitrogen and oxygen atoms in total. The lowest BCUT2D eigenvalue weighted by atomic mass is 9.45. The van der Waals surface area contributed by atoms with Crippen LogP contribution in [0.2, 0.25) is 0 Å². The fourth-order valence-electron chi connectivity index (χ4n) is 7.46.